The number of sulfonamides is 1. The van der Waals surface area contributed by atoms with Crippen LogP contribution in [0.1, 0.15) is 5.56 Å². The van der Waals surface area contributed by atoms with Crippen molar-refractivity contribution in [1.29, 1.82) is 0 Å². The summed E-state index contributed by atoms with van der Waals surface area (Å²) in [4.78, 5) is 8.53. The van der Waals surface area contributed by atoms with Gasteiger partial charge in [-0.15, -0.1) is 0 Å². The van der Waals surface area contributed by atoms with E-state index in [0.29, 0.717) is 36.4 Å². The van der Waals surface area contributed by atoms with E-state index < -0.39 is 10.0 Å². The van der Waals surface area contributed by atoms with Crippen molar-refractivity contribution in [2.45, 2.75) is 11.8 Å². The maximum absolute atomic E-state index is 12.1. The van der Waals surface area contributed by atoms with Crippen LogP contribution in [-0.2, 0) is 14.8 Å². The van der Waals surface area contributed by atoms with E-state index >= 15 is 0 Å². The lowest BCUT2D eigenvalue weighted by Crippen LogP contribution is -2.14. The third kappa shape index (κ3) is 5.42. The van der Waals surface area contributed by atoms with E-state index in [4.69, 9.17) is 19.3 Å². The number of anilines is 5. The second kappa shape index (κ2) is 9.48. The summed E-state index contributed by atoms with van der Waals surface area (Å²) in [5.41, 5.74) is 3.05. The molecule has 1 aromatic heterocycles. The van der Waals surface area contributed by atoms with Gasteiger partial charge in [0.15, 0.2) is 11.5 Å². The predicted molar refractivity (Wildman–Crippen MR) is 124 cm³/mol. The quantitative estimate of drug-likeness (QED) is 0.342. The number of hydrogen-bond acceptors (Lipinski definition) is 10. The van der Waals surface area contributed by atoms with Gasteiger partial charge in [-0.3, -0.25) is 0 Å². The van der Waals surface area contributed by atoms with Crippen LogP contribution in [0.15, 0.2) is 47.5 Å². The van der Waals surface area contributed by atoms with E-state index in [1.54, 1.807) is 19.4 Å². The molecule has 0 bridgehead atoms. The molecule has 2 aromatic carbocycles. The number of hydrogen-bond donors (Lipinski definition) is 4. The van der Waals surface area contributed by atoms with Gasteiger partial charge in [-0.05, 0) is 30.7 Å². The number of nitrogens with zero attached hydrogens (tertiary/aromatic N) is 2. The molecule has 0 radical (unpaired) electrons. The number of methoxy groups -OCH3 is 1. The molecule has 2 heterocycles. The van der Waals surface area contributed by atoms with Crippen molar-refractivity contribution < 1.29 is 22.6 Å². The standard InChI is InChI=1S/C21H24N6O5S/c1-13-3-4-14(9-15(13)23-7-8-30-2)25-21-24-6-5-20(27-21)26-16-10-17-18(32-12-31-17)11-19(16)33(22,28)29/h3-6,9-11,23H,7-8,12H2,1-2H3,(H2,22,28,29)(H2,24,25,26,27). The summed E-state index contributed by atoms with van der Waals surface area (Å²) in [5.74, 6) is 1.40. The Labute approximate surface area is 191 Å². The molecule has 3 aromatic rings. The second-order valence-electron chi connectivity index (χ2n) is 7.21. The Bertz CT molecular complexity index is 1270. The number of aromatic nitrogens is 2. The molecular formula is C21H24N6O5S. The summed E-state index contributed by atoms with van der Waals surface area (Å²) in [5, 5.41) is 14.8. The second-order valence-corrected chi connectivity index (χ2v) is 8.74. The third-order valence-corrected chi connectivity index (χ3v) is 5.77. The highest BCUT2D eigenvalue weighted by Gasteiger charge is 2.23. The number of aryl methyl sites for hydroxylation is 1. The smallest absolute Gasteiger partial charge is 0.240 e. The summed E-state index contributed by atoms with van der Waals surface area (Å²) < 4.78 is 39.9. The minimum absolute atomic E-state index is 0.00326. The molecule has 0 saturated carbocycles. The minimum Gasteiger partial charge on any atom is -0.454 e. The van der Waals surface area contributed by atoms with E-state index in [9.17, 15) is 8.42 Å². The molecule has 33 heavy (non-hydrogen) atoms. The fourth-order valence-electron chi connectivity index (χ4n) is 3.19. The zero-order valence-corrected chi connectivity index (χ0v) is 18.9. The maximum atomic E-state index is 12.1. The van der Waals surface area contributed by atoms with Crippen molar-refractivity contribution >= 4 is 38.9 Å². The first-order valence-corrected chi connectivity index (χ1v) is 11.5. The maximum Gasteiger partial charge on any atom is 0.240 e. The molecule has 0 fully saturated rings. The van der Waals surface area contributed by atoms with Crippen LogP contribution >= 0.6 is 0 Å². The first-order valence-electron chi connectivity index (χ1n) is 10.0. The van der Waals surface area contributed by atoms with Gasteiger partial charge in [-0.25, -0.2) is 18.5 Å². The minimum atomic E-state index is -4.03. The van der Waals surface area contributed by atoms with Gasteiger partial charge in [-0.2, -0.15) is 4.98 Å². The molecule has 0 aliphatic carbocycles. The van der Waals surface area contributed by atoms with Gasteiger partial charge in [0.2, 0.25) is 22.8 Å². The number of primary sulfonamides is 1. The Kier molecular flexibility index (Phi) is 6.49. The number of fused-ring (bicyclic) bond motifs is 1. The number of benzene rings is 2. The Morgan fingerprint density at radius 2 is 1.88 bits per heavy atom. The van der Waals surface area contributed by atoms with Crippen LogP contribution in [0.25, 0.3) is 0 Å². The average Bonchev–Trinajstić information content (AvgIpc) is 3.23. The van der Waals surface area contributed by atoms with E-state index in [-0.39, 0.29) is 17.4 Å². The molecule has 12 heteroatoms. The molecular weight excluding hydrogens is 448 g/mol. The summed E-state index contributed by atoms with van der Waals surface area (Å²) in [6, 6.07) is 10.3. The van der Waals surface area contributed by atoms with Crippen LogP contribution in [0.4, 0.5) is 28.8 Å². The topological polar surface area (TPSA) is 150 Å². The zero-order valence-electron chi connectivity index (χ0n) is 18.1. The molecule has 11 nitrogen and oxygen atoms in total. The number of ether oxygens (including phenoxy) is 3. The molecule has 1 aliphatic rings. The zero-order chi connectivity index (χ0) is 23.4. The van der Waals surface area contributed by atoms with Crippen molar-refractivity contribution in [2.24, 2.45) is 5.14 Å². The monoisotopic (exact) mass is 472 g/mol. The highest BCUT2D eigenvalue weighted by molar-refractivity contribution is 7.89. The summed E-state index contributed by atoms with van der Waals surface area (Å²) in [6.07, 6.45) is 1.55. The normalized spacial score (nSPS) is 12.5. The van der Waals surface area contributed by atoms with Crippen LogP contribution in [0.2, 0.25) is 0 Å². The van der Waals surface area contributed by atoms with Gasteiger partial charge in [-0.1, -0.05) is 6.07 Å². The van der Waals surface area contributed by atoms with Gasteiger partial charge < -0.3 is 30.2 Å². The van der Waals surface area contributed by atoms with E-state index in [1.165, 1.54) is 12.1 Å². The first-order chi connectivity index (χ1) is 15.8. The van der Waals surface area contributed by atoms with Gasteiger partial charge in [0, 0.05) is 43.4 Å². The van der Waals surface area contributed by atoms with Gasteiger partial charge in [0.05, 0.1) is 12.3 Å². The van der Waals surface area contributed by atoms with Crippen molar-refractivity contribution in [3.63, 3.8) is 0 Å². The lowest BCUT2D eigenvalue weighted by atomic mass is 10.2. The van der Waals surface area contributed by atoms with Crippen LogP contribution in [0.5, 0.6) is 11.5 Å². The van der Waals surface area contributed by atoms with E-state index in [2.05, 4.69) is 25.9 Å². The number of nitrogens with two attached hydrogens (primary N) is 1. The summed E-state index contributed by atoms with van der Waals surface area (Å²) >= 11 is 0. The van der Waals surface area contributed by atoms with Gasteiger partial charge in [0.1, 0.15) is 10.7 Å². The Morgan fingerprint density at radius 1 is 1.09 bits per heavy atom. The van der Waals surface area contributed by atoms with Crippen molar-refractivity contribution in [3.05, 3.63) is 48.2 Å². The molecule has 174 valence electrons. The molecule has 0 amide bonds. The van der Waals surface area contributed by atoms with E-state index in [1.807, 2.05) is 25.1 Å². The van der Waals surface area contributed by atoms with Crippen LogP contribution in [0.3, 0.4) is 0 Å². The molecule has 0 atom stereocenters. The Balaban J connectivity index is 1.56. The predicted octanol–water partition coefficient (Wildman–Crippen LogP) is 2.71. The summed E-state index contributed by atoms with van der Waals surface area (Å²) in [7, 11) is -2.37. The lowest BCUT2D eigenvalue weighted by molar-refractivity contribution is 0.174. The van der Waals surface area contributed by atoms with Crippen LogP contribution in [-0.4, -0.2) is 45.4 Å². The Hall–Kier alpha value is -3.61. The highest BCUT2D eigenvalue weighted by Crippen LogP contribution is 2.39. The average molecular weight is 473 g/mol. The molecule has 1 aliphatic heterocycles. The van der Waals surface area contributed by atoms with Gasteiger partial charge in [0.25, 0.3) is 0 Å². The van der Waals surface area contributed by atoms with Crippen molar-refractivity contribution in [3.8, 4) is 11.5 Å². The SMILES string of the molecule is COCCNc1cc(Nc2nccc(Nc3cc4c(cc3S(N)(=O)=O)OCO4)n2)ccc1C. The van der Waals surface area contributed by atoms with Crippen LogP contribution in [0, 0.1) is 6.92 Å². The number of nitrogens with one attached hydrogen (secondary N) is 3. The highest BCUT2D eigenvalue weighted by atomic mass is 32.2. The molecule has 5 N–H and O–H groups in total. The molecule has 0 spiro atoms. The number of rotatable bonds is 9. The molecule has 0 saturated heterocycles. The first kappa shape index (κ1) is 22.6. The van der Waals surface area contributed by atoms with Crippen molar-refractivity contribution in [2.75, 3.05) is 43.0 Å². The van der Waals surface area contributed by atoms with Crippen LogP contribution < -0.4 is 30.6 Å². The fraction of sp³-hybridized carbons (Fsp3) is 0.238. The van der Waals surface area contributed by atoms with E-state index in [0.717, 1.165) is 16.9 Å². The van der Waals surface area contributed by atoms with Gasteiger partial charge >= 0.3 is 0 Å². The summed E-state index contributed by atoms with van der Waals surface area (Å²) in [6.45, 7) is 3.28. The van der Waals surface area contributed by atoms with Crippen molar-refractivity contribution in [1.82, 2.24) is 9.97 Å². The molecule has 4 rings (SSSR count). The Morgan fingerprint density at radius 3 is 2.64 bits per heavy atom. The molecule has 0 unspecified atom stereocenters. The third-order valence-electron chi connectivity index (χ3n) is 4.81. The fourth-order valence-corrected chi connectivity index (χ4v) is 3.88. The lowest BCUT2D eigenvalue weighted by Gasteiger charge is -2.14. The largest absolute Gasteiger partial charge is 0.454 e.